The topological polar surface area (TPSA) is 68.2 Å². The van der Waals surface area contributed by atoms with E-state index < -0.39 is 0 Å². The Labute approximate surface area is 110 Å². The molecule has 0 atom stereocenters. The summed E-state index contributed by atoms with van der Waals surface area (Å²) >= 11 is 4.68. The summed E-state index contributed by atoms with van der Waals surface area (Å²) in [6, 6.07) is 7.90. The Morgan fingerprint density at radius 1 is 1.56 bits per heavy atom. The molecule has 0 bridgehead atoms. The van der Waals surface area contributed by atoms with Gasteiger partial charge in [-0.05, 0) is 37.3 Å². The summed E-state index contributed by atoms with van der Waals surface area (Å²) in [5, 5.41) is 8.31. The molecular weight excluding hydrogens is 246 g/mol. The van der Waals surface area contributed by atoms with Gasteiger partial charge >= 0.3 is 0 Å². The van der Waals surface area contributed by atoms with E-state index in [1.807, 2.05) is 37.4 Å². The molecule has 18 heavy (non-hydrogen) atoms. The fraction of sp³-hybridized carbons (Fsp3) is 0.0833. The maximum Gasteiger partial charge on any atom is 0.184 e. The third kappa shape index (κ3) is 2.92. The minimum Gasteiger partial charge on any atom is -0.375 e. The van der Waals surface area contributed by atoms with Crippen molar-refractivity contribution in [2.24, 2.45) is 10.8 Å². The second-order valence-corrected chi connectivity index (χ2v) is 4.19. The third-order valence-electron chi connectivity index (χ3n) is 2.31. The van der Waals surface area contributed by atoms with E-state index in [0.717, 1.165) is 16.8 Å². The van der Waals surface area contributed by atoms with E-state index in [1.54, 1.807) is 17.1 Å². The van der Waals surface area contributed by atoms with Crippen molar-refractivity contribution >= 4 is 23.5 Å². The van der Waals surface area contributed by atoms with Crippen LogP contribution in [0, 0.1) is 6.92 Å². The van der Waals surface area contributed by atoms with Gasteiger partial charge in [0.15, 0.2) is 5.11 Å². The molecule has 6 heteroatoms. The largest absolute Gasteiger partial charge is 0.375 e. The summed E-state index contributed by atoms with van der Waals surface area (Å²) in [5.74, 6) is 0. The molecule has 2 rings (SSSR count). The Hall–Kier alpha value is -2.21. The van der Waals surface area contributed by atoms with Gasteiger partial charge in [-0.3, -0.25) is 5.43 Å². The van der Waals surface area contributed by atoms with Crippen LogP contribution in [0.15, 0.2) is 41.8 Å². The van der Waals surface area contributed by atoms with Crippen LogP contribution in [0.4, 0.5) is 0 Å². The van der Waals surface area contributed by atoms with Crippen molar-refractivity contribution in [3.8, 4) is 5.69 Å². The fourth-order valence-corrected chi connectivity index (χ4v) is 1.62. The van der Waals surface area contributed by atoms with Crippen molar-refractivity contribution in [1.82, 2.24) is 15.2 Å². The van der Waals surface area contributed by atoms with E-state index in [1.165, 1.54) is 0 Å². The van der Waals surface area contributed by atoms with E-state index >= 15 is 0 Å². The highest BCUT2D eigenvalue weighted by molar-refractivity contribution is 7.80. The van der Waals surface area contributed by atoms with Gasteiger partial charge in [-0.2, -0.15) is 10.2 Å². The van der Waals surface area contributed by atoms with E-state index in [2.05, 4.69) is 27.8 Å². The molecule has 0 amide bonds. The second kappa shape index (κ2) is 5.42. The standard InChI is InChI=1S/C12H13N5S/c1-9-3-4-11(17-6-2-5-15-17)10(7-9)8-14-16-12(13)18/h2-8H,1H3,(H3,13,16,18). The number of rotatable bonds is 3. The molecule has 0 saturated carbocycles. The lowest BCUT2D eigenvalue weighted by molar-refractivity contribution is 0.878. The number of thiocarbonyl (C=S) groups is 1. The lowest BCUT2D eigenvalue weighted by Gasteiger charge is -2.07. The van der Waals surface area contributed by atoms with E-state index in [4.69, 9.17) is 5.73 Å². The summed E-state index contributed by atoms with van der Waals surface area (Å²) in [7, 11) is 0. The van der Waals surface area contributed by atoms with Gasteiger partial charge in [0.05, 0.1) is 11.9 Å². The summed E-state index contributed by atoms with van der Waals surface area (Å²) in [4.78, 5) is 0. The predicted molar refractivity (Wildman–Crippen MR) is 75.8 cm³/mol. The molecule has 92 valence electrons. The van der Waals surface area contributed by atoms with E-state index in [-0.39, 0.29) is 5.11 Å². The van der Waals surface area contributed by atoms with Gasteiger partial charge in [0.25, 0.3) is 0 Å². The molecule has 1 aromatic heterocycles. The van der Waals surface area contributed by atoms with Gasteiger partial charge in [0.2, 0.25) is 0 Å². The van der Waals surface area contributed by atoms with Crippen LogP contribution in [0.25, 0.3) is 5.69 Å². The number of benzene rings is 1. The molecule has 0 radical (unpaired) electrons. The first kappa shape index (κ1) is 12.3. The normalized spacial score (nSPS) is 10.7. The van der Waals surface area contributed by atoms with Crippen LogP contribution in [0.5, 0.6) is 0 Å². The van der Waals surface area contributed by atoms with Gasteiger partial charge in [-0.1, -0.05) is 11.6 Å². The third-order valence-corrected chi connectivity index (χ3v) is 2.40. The van der Waals surface area contributed by atoms with Crippen LogP contribution < -0.4 is 11.2 Å². The maximum absolute atomic E-state index is 5.31. The summed E-state index contributed by atoms with van der Waals surface area (Å²) < 4.78 is 1.78. The minimum absolute atomic E-state index is 0.138. The Morgan fingerprint density at radius 2 is 2.39 bits per heavy atom. The first-order valence-corrected chi connectivity index (χ1v) is 5.77. The van der Waals surface area contributed by atoms with Crippen LogP contribution in [0.1, 0.15) is 11.1 Å². The summed E-state index contributed by atoms with van der Waals surface area (Å²) in [5.41, 5.74) is 10.9. The molecule has 0 aliphatic heterocycles. The van der Waals surface area contributed by atoms with Crippen molar-refractivity contribution in [1.29, 1.82) is 0 Å². The number of aromatic nitrogens is 2. The number of nitrogens with one attached hydrogen (secondary N) is 1. The van der Waals surface area contributed by atoms with E-state index in [9.17, 15) is 0 Å². The Morgan fingerprint density at radius 3 is 3.06 bits per heavy atom. The molecule has 0 aliphatic rings. The van der Waals surface area contributed by atoms with E-state index in [0.29, 0.717) is 0 Å². The fourth-order valence-electron chi connectivity index (χ4n) is 1.56. The smallest absolute Gasteiger partial charge is 0.184 e. The highest BCUT2D eigenvalue weighted by Crippen LogP contribution is 2.13. The highest BCUT2D eigenvalue weighted by atomic mass is 32.1. The lowest BCUT2D eigenvalue weighted by Crippen LogP contribution is -2.24. The van der Waals surface area contributed by atoms with Crippen molar-refractivity contribution in [2.75, 3.05) is 0 Å². The summed E-state index contributed by atoms with van der Waals surface area (Å²) in [6.07, 6.45) is 5.28. The van der Waals surface area contributed by atoms with Crippen LogP contribution in [-0.4, -0.2) is 21.1 Å². The van der Waals surface area contributed by atoms with Crippen molar-refractivity contribution < 1.29 is 0 Å². The Balaban J connectivity index is 2.35. The highest BCUT2D eigenvalue weighted by Gasteiger charge is 2.03. The van der Waals surface area contributed by atoms with Crippen LogP contribution in [0.3, 0.4) is 0 Å². The van der Waals surface area contributed by atoms with Gasteiger partial charge in [0.1, 0.15) is 0 Å². The molecule has 0 unspecified atom stereocenters. The number of hydrazone groups is 1. The van der Waals surface area contributed by atoms with Crippen molar-refractivity contribution in [2.45, 2.75) is 6.92 Å². The first-order valence-electron chi connectivity index (χ1n) is 5.36. The zero-order valence-electron chi connectivity index (χ0n) is 9.87. The number of hydrogen-bond donors (Lipinski definition) is 2. The quantitative estimate of drug-likeness (QED) is 0.496. The average molecular weight is 259 g/mol. The number of nitrogens with zero attached hydrogens (tertiary/aromatic N) is 3. The molecule has 1 heterocycles. The van der Waals surface area contributed by atoms with Crippen molar-refractivity contribution in [3.63, 3.8) is 0 Å². The molecule has 3 N–H and O–H groups in total. The second-order valence-electron chi connectivity index (χ2n) is 3.75. The predicted octanol–water partition coefficient (Wildman–Crippen LogP) is 1.35. The van der Waals surface area contributed by atoms with Gasteiger partial charge in [0, 0.05) is 18.0 Å². The summed E-state index contributed by atoms with van der Waals surface area (Å²) in [6.45, 7) is 2.02. The lowest BCUT2D eigenvalue weighted by atomic mass is 10.1. The number of hydrogen-bond acceptors (Lipinski definition) is 3. The molecule has 1 aromatic carbocycles. The Bertz CT molecular complexity index is 574. The van der Waals surface area contributed by atoms with Gasteiger partial charge in [-0.15, -0.1) is 0 Å². The zero-order chi connectivity index (χ0) is 13.0. The molecule has 0 saturated heterocycles. The average Bonchev–Trinajstić information content (AvgIpc) is 2.82. The number of nitrogens with two attached hydrogens (primary N) is 1. The molecule has 0 fully saturated rings. The Kier molecular flexibility index (Phi) is 3.69. The van der Waals surface area contributed by atoms with Crippen LogP contribution >= 0.6 is 12.2 Å². The SMILES string of the molecule is Cc1ccc(-n2cccn2)c(C=NNC(N)=S)c1. The van der Waals surface area contributed by atoms with Gasteiger partial charge < -0.3 is 5.73 Å². The van der Waals surface area contributed by atoms with Crippen LogP contribution in [-0.2, 0) is 0 Å². The minimum atomic E-state index is 0.138. The number of aryl methyl sites for hydroxylation is 1. The monoisotopic (exact) mass is 259 g/mol. The molecule has 0 aliphatic carbocycles. The van der Waals surface area contributed by atoms with Crippen molar-refractivity contribution in [3.05, 3.63) is 47.8 Å². The maximum atomic E-state index is 5.31. The van der Waals surface area contributed by atoms with Crippen LogP contribution in [0.2, 0.25) is 0 Å². The molecular formula is C12H13N5S. The van der Waals surface area contributed by atoms with Gasteiger partial charge in [-0.25, -0.2) is 4.68 Å². The molecule has 2 aromatic rings. The zero-order valence-corrected chi connectivity index (χ0v) is 10.7. The molecule has 0 spiro atoms. The first-order chi connectivity index (χ1) is 8.66. The molecule has 5 nitrogen and oxygen atoms in total.